The van der Waals surface area contributed by atoms with E-state index in [0.717, 1.165) is 49.4 Å². The van der Waals surface area contributed by atoms with Crippen LogP contribution in [0.4, 0.5) is 11.6 Å². The van der Waals surface area contributed by atoms with Crippen LogP contribution in [0.3, 0.4) is 0 Å². The van der Waals surface area contributed by atoms with Crippen molar-refractivity contribution in [1.29, 1.82) is 0 Å². The molecule has 50 heavy (non-hydrogen) atoms. The van der Waals surface area contributed by atoms with E-state index in [1.165, 1.54) is 24.0 Å². The number of aromatic amines is 2. The van der Waals surface area contributed by atoms with Crippen LogP contribution in [0, 0.1) is 5.92 Å². The van der Waals surface area contributed by atoms with Crippen LogP contribution < -0.4 is 9.80 Å². The van der Waals surface area contributed by atoms with E-state index >= 15 is 0 Å². The molecule has 0 saturated heterocycles. The molecule has 1 aliphatic carbocycles. The maximum atomic E-state index is 12.8. The lowest BCUT2D eigenvalue weighted by molar-refractivity contribution is 0.0852. The summed E-state index contributed by atoms with van der Waals surface area (Å²) in [6.07, 6.45) is 6.01. The fraction of sp³-hybridized carbons (Fsp3) is 0.421. The number of H-pyrrole nitrogens is 2. The van der Waals surface area contributed by atoms with Crippen LogP contribution in [-0.4, -0.2) is 92.2 Å². The lowest BCUT2D eigenvalue weighted by atomic mass is 9.99. The zero-order valence-corrected chi connectivity index (χ0v) is 28.5. The number of rotatable bonds is 5. The Bertz CT molecular complexity index is 1960. The second kappa shape index (κ2) is 12.9. The third-order valence-corrected chi connectivity index (χ3v) is 10.3. The molecule has 4 aliphatic heterocycles. The normalized spacial score (nSPS) is 19.8. The van der Waals surface area contributed by atoms with Crippen molar-refractivity contribution < 1.29 is 9.59 Å². The zero-order valence-electron chi connectivity index (χ0n) is 28.5. The first-order chi connectivity index (χ1) is 23.7. The number of hydrogen-bond donors (Lipinski definition) is 2. The summed E-state index contributed by atoms with van der Waals surface area (Å²) in [5.41, 5.74) is 3.47. The summed E-state index contributed by atoms with van der Waals surface area (Å²) in [7, 11) is 3.58. The number of imidazole rings is 2. The molecule has 1 atom stereocenters. The summed E-state index contributed by atoms with van der Waals surface area (Å²) in [6, 6.07) is 20.5. The molecule has 0 radical (unpaired) electrons. The highest BCUT2D eigenvalue weighted by Gasteiger charge is 2.48. The Balaban J connectivity index is 0.000000154. The maximum Gasteiger partial charge on any atom is 0.280 e. The lowest BCUT2D eigenvalue weighted by Gasteiger charge is -2.30. The highest BCUT2D eigenvalue weighted by molar-refractivity contribution is 6.18. The van der Waals surface area contributed by atoms with Crippen LogP contribution >= 0.6 is 0 Å². The van der Waals surface area contributed by atoms with Gasteiger partial charge in [0.25, 0.3) is 11.8 Å². The minimum absolute atomic E-state index is 0. The topological polar surface area (TPSA) is 129 Å². The van der Waals surface area contributed by atoms with Gasteiger partial charge in [-0.15, -0.1) is 0 Å². The molecule has 1 saturated carbocycles. The van der Waals surface area contributed by atoms with Crippen molar-refractivity contribution >= 4 is 35.4 Å². The molecule has 0 bridgehead atoms. The molecule has 1 fully saturated rings. The highest BCUT2D eigenvalue weighted by Crippen LogP contribution is 2.42. The molecule has 2 N–H and O–H groups in total. The third-order valence-electron chi connectivity index (χ3n) is 10.3. The summed E-state index contributed by atoms with van der Waals surface area (Å²) >= 11 is 0. The number of guanidine groups is 2. The fourth-order valence-corrected chi connectivity index (χ4v) is 7.51. The predicted molar refractivity (Wildman–Crippen MR) is 196 cm³/mol. The Kier molecular flexibility index (Phi) is 8.57. The van der Waals surface area contributed by atoms with Crippen molar-refractivity contribution in [3.63, 3.8) is 0 Å². The number of nitrogens with zero attached hydrogens (tertiary/aromatic N) is 8. The van der Waals surface area contributed by atoms with E-state index in [1.54, 1.807) is 16.8 Å². The number of fused-ring (bicyclic) bond motifs is 6. The maximum absolute atomic E-state index is 12.8. The minimum atomic E-state index is -0.0729. The average Bonchev–Trinajstić information content (AvgIpc) is 3.94. The molecular weight excluding hydrogens is 628 g/mol. The first-order valence-corrected chi connectivity index (χ1v) is 17.2. The molecule has 260 valence electrons. The van der Waals surface area contributed by atoms with Crippen molar-refractivity contribution in [1.82, 2.24) is 29.7 Å². The smallest absolute Gasteiger partial charge is 0.280 e. The van der Waals surface area contributed by atoms with Gasteiger partial charge in [0.05, 0.1) is 24.7 Å². The van der Waals surface area contributed by atoms with Gasteiger partial charge in [-0.1, -0.05) is 94.8 Å². The van der Waals surface area contributed by atoms with Gasteiger partial charge in [0.2, 0.25) is 11.9 Å². The SMILES string of the molecule is C.CC(C)[C@@H]1CN2C(=N1)N(C)C(=O)c1[nH]c(Cc3ccccc3)nc12.CN1C(=O)c2[nH]c(Cc3ccccc3)nc2N2CC3(CCCC3)N=C12. The Hall–Kier alpha value is -5.26. The van der Waals surface area contributed by atoms with E-state index in [0.29, 0.717) is 41.9 Å². The van der Waals surface area contributed by atoms with E-state index in [1.807, 2.05) is 43.4 Å². The highest BCUT2D eigenvalue weighted by atomic mass is 16.2. The average molecular weight is 675 g/mol. The summed E-state index contributed by atoms with van der Waals surface area (Å²) in [6.45, 7) is 5.92. The van der Waals surface area contributed by atoms with E-state index in [4.69, 9.17) is 20.0 Å². The third kappa shape index (κ3) is 5.76. The number of benzene rings is 2. The summed E-state index contributed by atoms with van der Waals surface area (Å²) < 4.78 is 0. The van der Waals surface area contributed by atoms with E-state index in [9.17, 15) is 9.59 Å². The van der Waals surface area contributed by atoms with Gasteiger partial charge in [0.15, 0.2) is 11.6 Å². The van der Waals surface area contributed by atoms with Crippen molar-refractivity contribution in [3.05, 3.63) is 94.8 Å². The fourth-order valence-electron chi connectivity index (χ4n) is 7.51. The molecule has 2 amide bonds. The van der Waals surface area contributed by atoms with Crippen LogP contribution in [0.2, 0.25) is 0 Å². The Morgan fingerprint density at radius 3 is 1.78 bits per heavy atom. The van der Waals surface area contributed by atoms with Crippen molar-refractivity contribution in [2.75, 3.05) is 37.0 Å². The van der Waals surface area contributed by atoms with Crippen molar-refractivity contribution in [3.8, 4) is 0 Å². The molecular formula is C38H46N10O2. The van der Waals surface area contributed by atoms with Gasteiger partial charge >= 0.3 is 0 Å². The van der Waals surface area contributed by atoms with Gasteiger partial charge in [0, 0.05) is 26.9 Å². The molecule has 0 unspecified atom stereocenters. The zero-order chi connectivity index (χ0) is 33.9. The van der Waals surface area contributed by atoms with Crippen LogP contribution in [0.15, 0.2) is 70.6 Å². The summed E-state index contributed by atoms with van der Waals surface area (Å²) in [5.74, 6) is 4.87. The largest absolute Gasteiger partial charge is 0.336 e. The molecule has 6 heterocycles. The number of carbonyl (C=O) groups is 2. The van der Waals surface area contributed by atoms with Gasteiger partial charge in [-0.3, -0.25) is 29.2 Å². The van der Waals surface area contributed by atoms with E-state index < -0.39 is 0 Å². The number of anilines is 2. The second-order valence-corrected chi connectivity index (χ2v) is 14.1. The van der Waals surface area contributed by atoms with Crippen molar-refractivity contribution in [2.24, 2.45) is 15.9 Å². The molecule has 12 heteroatoms. The number of nitrogens with one attached hydrogen (secondary N) is 2. The van der Waals surface area contributed by atoms with Crippen LogP contribution in [0.1, 0.15) is 90.7 Å². The molecule has 2 aromatic heterocycles. The monoisotopic (exact) mass is 674 g/mol. The van der Waals surface area contributed by atoms with Gasteiger partial charge in [0.1, 0.15) is 23.0 Å². The Labute approximate surface area is 293 Å². The summed E-state index contributed by atoms with van der Waals surface area (Å²) in [4.78, 5) is 58.5. The number of amides is 2. The van der Waals surface area contributed by atoms with Gasteiger partial charge < -0.3 is 9.97 Å². The van der Waals surface area contributed by atoms with E-state index in [2.05, 4.69) is 57.9 Å². The quantitative estimate of drug-likeness (QED) is 0.288. The number of aliphatic imine (C=N–C) groups is 2. The lowest BCUT2D eigenvalue weighted by Crippen LogP contribution is -2.48. The number of carbonyl (C=O) groups excluding carboxylic acids is 2. The molecule has 9 rings (SSSR count). The minimum Gasteiger partial charge on any atom is -0.336 e. The Morgan fingerprint density at radius 2 is 1.26 bits per heavy atom. The molecule has 12 nitrogen and oxygen atoms in total. The molecule has 1 spiro atoms. The first-order valence-electron chi connectivity index (χ1n) is 17.2. The van der Waals surface area contributed by atoms with E-state index in [-0.39, 0.29) is 30.8 Å². The van der Waals surface area contributed by atoms with Gasteiger partial charge in [-0.05, 0) is 29.9 Å². The van der Waals surface area contributed by atoms with Crippen LogP contribution in [0.5, 0.6) is 0 Å². The molecule has 5 aliphatic rings. The standard InChI is InChI=1S/C19H21N5O.C18H21N5O.CH4/c1-23-17(25)15-16(21-14(20-15)11-13-7-3-2-4-8-13)24-12-19(22-18(23)24)9-5-6-10-19;1-11(2)13-10-23-16-15(17(24)22(3)18(23)19-13)20-14(21-16)9-12-7-5-4-6-8-12;/h2-4,7-8H,5-6,9-12H2,1H3,(H,20,21);4-8,11,13H,9-10H2,1-3H3,(H,20,21);1H4/t;13-;/m.0./s1. The van der Waals surface area contributed by atoms with Crippen molar-refractivity contribution in [2.45, 2.75) is 71.4 Å². The molecule has 4 aromatic rings. The summed E-state index contributed by atoms with van der Waals surface area (Å²) in [5, 5.41) is 0. The second-order valence-electron chi connectivity index (χ2n) is 14.1. The number of aromatic nitrogens is 4. The van der Waals surface area contributed by atoms with Crippen LogP contribution in [0.25, 0.3) is 0 Å². The predicted octanol–water partition coefficient (Wildman–Crippen LogP) is 5.50. The van der Waals surface area contributed by atoms with Gasteiger partial charge in [-0.2, -0.15) is 0 Å². The molecule has 2 aromatic carbocycles. The van der Waals surface area contributed by atoms with Gasteiger partial charge in [-0.25, -0.2) is 20.0 Å². The number of hydrogen-bond acceptors (Lipinski definition) is 8. The first kappa shape index (κ1) is 33.2. The van der Waals surface area contributed by atoms with Crippen LogP contribution in [-0.2, 0) is 12.8 Å². The Morgan fingerprint density at radius 1 is 0.760 bits per heavy atom.